The van der Waals surface area contributed by atoms with Crippen molar-refractivity contribution in [2.45, 2.75) is 64.4 Å². The maximum atomic E-state index is 13.9. The summed E-state index contributed by atoms with van der Waals surface area (Å²) in [5, 5.41) is 16.2. The van der Waals surface area contributed by atoms with Crippen molar-refractivity contribution in [3.63, 3.8) is 0 Å². The van der Waals surface area contributed by atoms with E-state index in [0.717, 1.165) is 5.56 Å². The van der Waals surface area contributed by atoms with Crippen molar-refractivity contribution in [3.8, 4) is 5.75 Å². The molecule has 3 amide bonds. The molecule has 1 saturated carbocycles. The lowest BCUT2D eigenvalue weighted by molar-refractivity contribution is -0.143. The second kappa shape index (κ2) is 11.7. The van der Waals surface area contributed by atoms with Crippen molar-refractivity contribution in [1.29, 1.82) is 0 Å². The number of nitrogens with one attached hydrogen (secondary N) is 2. The molecule has 0 radical (unpaired) electrons. The summed E-state index contributed by atoms with van der Waals surface area (Å²) in [6.45, 7) is 7.44. The van der Waals surface area contributed by atoms with Crippen molar-refractivity contribution in [1.82, 2.24) is 15.5 Å². The summed E-state index contributed by atoms with van der Waals surface area (Å²) >= 11 is 4.30. The summed E-state index contributed by atoms with van der Waals surface area (Å²) in [7, 11) is 0. The Hall–Kier alpha value is -3.20. The molecule has 0 bridgehead atoms. The van der Waals surface area contributed by atoms with Crippen molar-refractivity contribution < 1.29 is 24.2 Å². The molecule has 9 heteroatoms. The minimum Gasteiger partial charge on any atom is -0.508 e. The van der Waals surface area contributed by atoms with Crippen molar-refractivity contribution >= 4 is 30.5 Å². The molecule has 1 fully saturated rings. The summed E-state index contributed by atoms with van der Waals surface area (Å²) in [5.41, 5.74) is 0.472. The number of alkyl carbamates (subject to hydrolysis) is 1. The molecule has 0 spiro atoms. The van der Waals surface area contributed by atoms with Gasteiger partial charge in [-0.1, -0.05) is 55.5 Å². The molecule has 1 aliphatic carbocycles. The summed E-state index contributed by atoms with van der Waals surface area (Å²) in [4.78, 5) is 41.4. The van der Waals surface area contributed by atoms with Gasteiger partial charge in [0, 0.05) is 23.9 Å². The van der Waals surface area contributed by atoms with E-state index in [0.29, 0.717) is 12.0 Å². The minimum atomic E-state index is -1.10. The largest absolute Gasteiger partial charge is 0.508 e. The Bertz CT molecular complexity index is 1070. The molecule has 3 N–H and O–H groups in total. The SMILES string of the molecule is CC1CC1N(C(=O)C(CS)NC(=O)OC(C)(C)C)C(C(=O)NCc1ccccc1)c1ccccc1O. The Morgan fingerprint density at radius 1 is 1.11 bits per heavy atom. The van der Waals surface area contributed by atoms with Gasteiger partial charge in [0.05, 0.1) is 0 Å². The Balaban J connectivity index is 1.93. The van der Waals surface area contributed by atoms with Crippen LogP contribution in [0.4, 0.5) is 4.79 Å². The van der Waals surface area contributed by atoms with Crippen LogP contribution in [0.5, 0.6) is 5.75 Å². The maximum Gasteiger partial charge on any atom is 0.408 e. The predicted octanol–water partition coefficient (Wildman–Crippen LogP) is 3.81. The monoisotopic (exact) mass is 513 g/mol. The van der Waals surface area contributed by atoms with Crippen LogP contribution < -0.4 is 10.6 Å². The first-order valence-electron chi connectivity index (χ1n) is 12.0. The van der Waals surface area contributed by atoms with Crippen LogP contribution in [0.3, 0.4) is 0 Å². The number of phenolic OH excluding ortho intramolecular Hbond substituents is 1. The van der Waals surface area contributed by atoms with Gasteiger partial charge in [0.25, 0.3) is 0 Å². The molecule has 3 rings (SSSR count). The minimum absolute atomic E-state index is 0.00873. The fourth-order valence-electron chi connectivity index (χ4n) is 4.01. The summed E-state index contributed by atoms with van der Waals surface area (Å²) in [5.74, 6) is -0.817. The molecule has 0 aliphatic heterocycles. The van der Waals surface area contributed by atoms with Gasteiger partial charge < -0.3 is 25.4 Å². The lowest BCUT2D eigenvalue weighted by Crippen LogP contribution is -2.54. The number of carbonyl (C=O) groups is 3. The number of rotatable bonds is 9. The van der Waals surface area contributed by atoms with Gasteiger partial charge in [0.15, 0.2) is 0 Å². The number of aromatic hydroxyl groups is 1. The fraction of sp³-hybridized carbons (Fsp3) is 0.444. The second-order valence-corrected chi connectivity index (χ2v) is 10.4. The van der Waals surface area contributed by atoms with E-state index in [1.165, 1.54) is 11.0 Å². The Labute approximate surface area is 217 Å². The smallest absolute Gasteiger partial charge is 0.408 e. The van der Waals surface area contributed by atoms with E-state index in [4.69, 9.17) is 4.74 Å². The standard InChI is InChI=1S/C27H35N3O5S/c1-17-14-21(17)30(25(33)20(16-36)29-26(34)35-27(2,3)4)23(19-12-8-9-13-22(19)31)24(32)28-15-18-10-6-5-7-11-18/h5-13,17,20-21,23,31,36H,14-16H2,1-4H3,(H,28,32)(H,29,34). The van der Waals surface area contributed by atoms with Crippen LogP contribution >= 0.6 is 12.6 Å². The molecule has 194 valence electrons. The first kappa shape index (κ1) is 27.4. The normalized spacial score (nSPS) is 18.5. The maximum absolute atomic E-state index is 13.9. The van der Waals surface area contributed by atoms with Crippen LogP contribution in [-0.2, 0) is 20.9 Å². The zero-order valence-corrected chi connectivity index (χ0v) is 22.0. The Morgan fingerprint density at radius 3 is 2.28 bits per heavy atom. The zero-order chi connectivity index (χ0) is 26.5. The predicted molar refractivity (Wildman–Crippen MR) is 141 cm³/mol. The number of benzene rings is 2. The third-order valence-electron chi connectivity index (χ3n) is 5.92. The lowest BCUT2D eigenvalue weighted by Gasteiger charge is -2.35. The van der Waals surface area contributed by atoms with Gasteiger partial charge in [-0.15, -0.1) is 0 Å². The number of para-hydroxylation sites is 1. The van der Waals surface area contributed by atoms with Crippen LogP contribution in [0.1, 0.15) is 51.3 Å². The van der Waals surface area contributed by atoms with E-state index in [-0.39, 0.29) is 30.0 Å². The summed E-state index contributed by atoms with van der Waals surface area (Å²) < 4.78 is 5.32. The number of phenols is 1. The molecule has 36 heavy (non-hydrogen) atoms. The van der Waals surface area contributed by atoms with E-state index < -0.39 is 35.6 Å². The highest BCUT2D eigenvalue weighted by molar-refractivity contribution is 7.80. The lowest BCUT2D eigenvalue weighted by atomic mass is 10.0. The molecule has 2 aromatic rings. The van der Waals surface area contributed by atoms with Crippen LogP contribution in [0, 0.1) is 5.92 Å². The molecule has 0 aromatic heterocycles. The fourth-order valence-corrected chi connectivity index (χ4v) is 4.25. The van der Waals surface area contributed by atoms with Crippen molar-refractivity contribution in [2.75, 3.05) is 5.75 Å². The van der Waals surface area contributed by atoms with E-state index >= 15 is 0 Å². The molecule has 4 unspecified atom stereocenters. The number of nitrogens with zero attached hydrogens (tertiary/aromatic N) is 1. The van der Waals surface area contributed by atoms with Crippen LogP contribution in [0.15, 0.2) is 54.6 Å². The molecule has 2 aromatic carbocycles. The first-order valence-corrected chi connectivity index (χ1v) is 12.7. The Morgan fingerprint density at radius 2 is 1.72 bits per heavy atom. The molecule has 1 aliphatic rings. The summed E-state index contributed by atoms with van der Waals surface area (Å²) in [6.07, 6.45) is -0.0422. The Kier molecular flexibility index (Phi) is 8.89. The van der Waals surface area contributed by atoms with Crippen LogP contribution in [0.25, 0.3) is 0 Å². The van der Waals surface area contributed by atoms with E-state index in [9.17, 15) is 19.5 Å². The second-order valence-electron chi connectivity index (χ2n) is 10.1. The third kappa shape index (κ3) is 7.16. The first-order chi connectivity index (χ1) is 17.0. The molecule has 8 nitrogen and oxygen atoms in total. The molecular weight excluding hydrogens is 478 g/mol. The average Bonchev–Trinajstić information content (AvgIpc) is 3.54. The van der Waals surface area contributed by atoms with E-state index in [1.807, 2.05) is 37.3 Å². The van der Waals surface area contributed by atoms with Gasteiger partial charge in [0.1, 0.15) is 23.4 Å². The van der Waals surface area contributed by atoms with E-state index in [1.54, 1.807) is 39.0 Å². The quantitative estimate of drug-likeness (QED) is 0.382. The highest BCUT2D eigenvalue weighted by Crippen LogP contribution is 2.42. The van der Waals surface area contributed by atoms with Crippen LogP contribution in [-0.4, -0.2) is 51.4 Å². The van der Waals surface area contributed by atoms with Gasteiger partial charge >= 0.3 is 6.09 Å². The number of hydrogen-bond donors (Lipinski definition) is 4. The number of ether oxygens (including phenoxy) is 1. The van der Waals surface area contributed by atoms with Crippen molar-refractivity contribution in [3.05, 3.63) is 65.7 Å². The van der Waals surface area contributed by atoms with Gasteiger partial charge in [-0.2, -0.15) is 12.6 Å². The molecule has 0 heterocycles. The topological polar surface area (TPSA) is 108 Å². The van der Waals surface area contributed by atoms with Gasteiger partial charge in [-0.05, 0) is 44.7 Å². The third-order valence-corrected chi connectivity index (χ3v) is 6.28. The van der Waals surface area contributed by atoms with Gasteiger partial charge in [-0.25, -0.2) is 4.79 Å². The average molecular weight is 514 g/mol. The van der Waals surface area contributed by atoms with Gasteiger partial charge in [-0.3, -0.25) is 9.59 Å². The van der Waals surface area contributed by atoms with Gasteiger partial charge in [0.2, 0.25) is 11.8 Å². The highest BCUT2D eigenvalue weighted by atomic mass is 32.1. The highest BCUT2D eigenvalue weighted by Gasteiger charge is 2.48. The molecule has 4 atom stereocenters. The van der Waals surface area contributed by atoms with E-state index in [2.05, 4.69) is 23.3 Å². The number of hydrogen-bond acceptors (Lipinski definition) is 6. The number of amides is 3. The molecule has 0 saturated heterocycles. The van der Waals surface area contributed by atoms with Crippen LogP contribution in [0.2, 0.25) is 0 Å². The molecular formula is C27H35N3O5S. The number of thiol groups is 1. The van der Waals surface area contributed by atoms with Crippen molar-refractivity contribution in [2.24, 2.45) is 5.92 Å². The summed E-state index contributed by atoms with van der Waals surface area (Å²) in [6, 6.07) is 13.6. The number of carbonyl (C=O) groups excluding carboxylic acids is 3. The zero-order valence-electron chi connectivity index (χ0n) is 21.1.